The third-order valence-corrected chi connectivity index (χ3v) is 1.46. The van der Waals surface area contributed by atoms with Crippen LogP contribution in [0.25, 0.3) is 0 Å². The second kappa shape index (κ2) is 2.31. The third-order valence-electron chi connectivity index (χ3n) is 1.46. The fraction of sp³-hybridized carbons (Fsp3) is 0.571. The zero-order valence-corrected chi connectivity index (χ0v) is 5.82. The minimum Gasteiger partial charge on any atom is -0.370 e. The minimum absolute atomic E-state index is 0.501. The van der Waals surface area contributed by atoms with Crippen molar-refractivity contribution < 1.29 is 4.74 Å². The first-order chi connectivity index (χ1) is 4.22. The minimum atomic E-state index is 0.501. The molecule has 1 aliphatic heterocycles. The molecule has 0 spiro atoms. The highest BCUT2D eigenvalue weighted by molar-refractivity contribution is 6.01. The van der Waals surface area contributed by atoms with E-state index in [1.54, 1.807) is 0 Å². The molecule has 2 nitrogen and oxygen atoms in total. The highest BCUT2D eigenvalue weighted by Crippen LogP contribution is 2.11. The van der Waals surface area contributed by atoms with Crippen molar-refractivity contribution in [1.82, 2.24) is 0 Å². The molecule has 0 unspecified atom stereocenters. The fourth-order valence-electron chi connectivity index (χ4n) is 0.876. The molecule has 1 fully saturated rings. The SMILES string of the molecule is CC(C)=C1COCC1=N. The first-order valence-corrected chi connectivity index (χ1v) is 3.03. The zero-order valence-electron chi connectivity index (χ0n) is 5.82. The van der Waals surface area contributed by atoms with Crippen molar-refractivity contribution in [3.8, 4) is 0 Å². The number of ether oxygens (including phenoxy) is 1. The van der Waals surface area contributed by atoms with E-state index >= 15 is 0 Å². The van der Waals surface area contributed by atoms with E-state index in [0.717, 1.165) is 5.57 Å². The lowest BCUT2D eigenvalue weighted by Crippen LogP contribution is -1.97. The van der Waals surface area contributed by atoms with Crippen molar-refractivity contribution in [1.29, 1.82) is 5.41 Å². The number of hydrogen-bond donors (Lipinski definition) is 1. The summed E-state index contributed by atoms with van der Waals surface area (Å²) >= 11 is 0. The monoisotopic (exact) mass is 125 g/mol. The van der Waals surface area contributed by atoms with Gasteiger partial charge in [0.2, 0.25) is 0 Å². The molecule has 0 aromatic rings. The van der Waals surface area contributed by atoms with Crippen molar-refractivity contribution in [3.63, 3.8) is 0 Å². The quantitative estimate of drug-likeness (QED) is 0.521. The summed E-state index contributed by atoms with van der Waals surface area (Å²) in [5, 5.41) is 7.35. The van der Waals surface area contributed by atoms with Crippen molar-refractivity contribution in [2.24, 2.45) is 0 Å². The summed E-state index contributed by atoms with van der Waals surface area (Å²) in [6, 6.07) is 0. The van der Waals surface area contributed by atoms with Crippen LogP contribution < -0.4 is 0 Å². The summed E-state index contributed by atoms with van der Waals surface area (Å²) in [6.45, 7) is 5.17. The summed E-state index contributed by atoms with van der Waals surface area (Å²) in [6.07, 6.45) is 0. The first kappa shape index (κ1) is 6.49. The second-order valence-electron chi connectivity index (χ2n) is 2.45. The van der Waals surface area contributed by atoms with Crippen LogP contribution in [0.2, 0.25) is 0 Å². The molecule has 1 rings (SSSR count). The normalized spacial score (nSPS) is 18.9. The number of allylic oxidation sites excluding steroid dienone is 1. The van der Waals surface area contributed by atoms with Crippen LogP contribution in [-0.2, 0) is 4.74 Å². The number of hydrogen-bond acceptors (Lipinski definition) is 2. The van der Waals surface area contributed by atoms with E-state index in [2.05, 4.69) is 0 Å². The van der Waals surface area contributed by atoms with E-state index in [1.807, 2.05) is 13.8 Å². The van der Waals surface area contributed by atoms with Crippen molar-refractivity contribution in [3.05, 3.63) is 11.1 Å². The van der Waals surface area contributed by atoms with Gasteiger partial charge in [0.05, 0.1) is 18.9 Å². The van der Waals surface area contributed by atoms with E-state index in [4.69, 9.17) is 10.1 Å². The van der Waals surface area contributed by atoms with Gasteiger partial charge in [0.15, 0.2) is 0 Å². The van der Waals surface area contributed by atoms with Gasteiger partial charge in [-0.2, -0.15) is 0 Å². The Morgan fingerprint density at radius 2 is 2.11 bits per heavy atom. The summed E-state index contributed by atoms with van der Waals surface area (Å²) in [7, 11) is 0. The highest BCUT2D eigenvalue weighted by atomic mass is 16.5. The summed E-state index contributed by atoms with van der Waals surface area (Å²) in [5.41, 5.74) is 2.93. The Morgan fingerprint density at radius 3 is 2.33 bits per heavy atom. The van der Waals surface area contributed by atoms with Gasteiger partial charge in [-0.1, -0.05) is 5.57 Å². The van der Waals surface area contributed by atoms with E-state index in [1.165, 1.54) is 5.57 Å². The van der Waals surface area contributed by atoms with Gasteiger partial charge < -0.3 is 10.1 Å². The van der Waals surface area contributed by atoms with Crippen LogP contribution >= 0.6 is 0 Å². The number of nitrogens with one attached hydrogen (secondary N) is 1. The van der Waals surface area contributed by atoms with Gasteiger partial charge in [-0.25, -0.2) is 0 Å². The van der Waals surface area contributed by atoms with Gasteiger partial charge in [0.1, 0.15) is 0 Å². The average molecular weight is 125 g/mol. The van der Waals surface area contributed by atoms with Crippen LogP contribution in [0.5, 0.6) is 0 Å². The van der Waals surface area contributed by atoms with Gasteiger partial charge >= 0.3 is 0 Å². The zero-order chi connectivity index (χ0) is 6.85. The smallest absolute Gasteiger partial charge is 0.0889 e. The molecule has 1 heterocycles. The lowest BCUT2D eigenvalue weighted by atomic mass is 10.1. The third kappa shape index (κ3) is 1.19. The predicted molar refractivity (Wildman–Crippen MR) is 36.9 cm³/mol. The molecule has 0 amide bonds. The van der Waals surface area contributed by atoms with E-state index < -0.39 is 0 Å². The molecular weight excluding hydrogens is 114 g/mol. The van der Waals surface area contributed by atoms with Crippen LogP contribution in [-0.4, -0.2) is 18.9 Å². The van der Waals surface area contributed by atoms with Crippen LogP contribution in [0.1, 0.15) is 13.8 Å². The molecule has 0 aliphatic carbocycles. The summed E-state index contributed by atoms with van der Waals surface area (Å²) in [4.78, 5) is 0. The molecule has 0 aromatic carbocycles. The Hall–Kier alpha value is -0.630. The summed E-state index contributed by atoms with van der Waals surface area (Å²) in [5.74, 6) is 0. The maximum atomic E-state index is 7.35. The first-order valence-electron chi connectivity index (χ1n) is 3.03. The van der Waals surface area contributed by atoms with Crippen LogP contribution in [0.3, 0.4) is 0 Å². The van der Waals surface area contributed by atoms with Crippen LogP contribution in [0.4, 0.5) is 0 Å². The molecule has 1 N–H and O–H groups in total. The van der Waals surface area contributed by atoms with Crippen LogP contribution in [0, 0.1) is 5.41 Å². The van der Waals surface area contributed by atoms with Gasteiger partial charge in [0.25, 0.3) is 0 Å². The molecule has 2 heteroatoms. The van der Waals surface area contributed by atoms with E-state index in [-0.39, 0.29) is 0 Å². The molecular formula is C7H11NO. The molecule has 50 valence electrons. The largest absolute Gasteiger partial charge is 0.370 e. The maximum absolute atomic E-state index is 7.35. The fourth-order valence-corrected chi connectivity index (χ4v) is 0.876. The van der Waals surface area contributed by atoms with Gasteiger partial charge in [-0.05, 0) is 19.4 Å². The molecule has 1 aliphatic rings. The lowest BCUT2D eigenvalue weighted by Gasteiger charge is -1.94. The van der Waals surface area contributed by atoms with E-state index in [9.17, 15) is 0 Å². The van der Waals surface area contributed by atoms with Gasteiger partial charge in [0, 0.05) is 0 Å². The molecule has 0 bridgehead atoms. The Bertz CT molecular complexity index is 166. The molecule has 1 saturated heterocycles. The molecule has 0 aromatic heterocycles. The Morgan fingerprint density at radius 1 is 1.44 bits per heavy atom. The number of rotatable bonds is 0. The Labute approximate surface area is 55.0 Å². The highest BCUT2D eigenvalue weighted by Gasteiger charge is 2.13. The molecule has 0 atom stereocenters. The van der Waals surface area contributed by atoms with Crippen molar-refractivity contribution >= 4 is 5.71 Å². The molecule has 0 saturated carbocycles. The average Bonchev–Trinajstić information content (AvgIpc) is 2.13. The topological polar surface area (TPSA) is 33.1 Å². The van der Waals surface area contributed by atoms with E-state index in [0.29, 0.717) is 18.9 Å². The Balaban J connectivity index is 2.83. The Kier molecular flexibility index (Phi) is 1.67. The van der Waals surface area contributed by atoms with Gasteiger partial charge in [-0.3, -0.25) is 0 Å². The standard InChI is InChI=1S/C7H11NO/c1-5(2)6-3-9-4-7(6)8/h8H,3-4H2,1-2H3. The second-order valence-corrected chi connectivity index (χ2v) is 2.45. The maximum Gasteiger partial charge on any atom is 0.0889 e. The predicted octanol–water partition coefficient (Wildman–Crippen LogP) is 1.37. The lowest BCUT2D eigenvalue weighted by molar-refractivity contribution is 0.221. The summed E-state index contributed by atoms with van der Waals surface area (Å²) < 4.78 is 5.05. The van der Waals surface area contributed by atoms with Crippen molar-refractivity contribution in [2.75, 3.05) is 13.2 Å². The van der Waals surface area contributed by atoms with Crippen molar-refractivity contribution in [2.45, 2.75) is 13.8 Å². The van der Waals surface area contributed by atoms with Crippen LogP contribution in [0.15, 0.2) is 11.1 Å². The molecule has 0 radical (unpaired) electrons. The molecule has 9 heavy (non-hydrogen) atoms. The van der Waals surface area contributed by atoms with Gasteiger partial charge in [-0.15, -0.1) is 0 Å².